The van der Waals surface area contributed by atoms with Crippen molar-refractivity contribution in [2.75, 3.05) is 50.3 Å². The van der Waals surface area contributed by atoms with Gasteiger partial charge < -0.3 is 5.32 Å². The second-order valence-corrected chi connectivity index (χ2v) is 8.09. The Morgan fingerprint density at radius 2 is 2.00 bits per heavy atom. The molecule has 0 amide bonds. The molecule has 1 fully saturated rings. The zero-order valence-electron chi connectivity index (χ0n) is 13.9. The Hall–Kier alpha value is -1.77. The highest BCUT2D eigenvalue weighted by atomic mass is 32.2. The molecule has 2 aromatic heterocycles. The topological polar surface area (TPSA) is 78.4 Å². The van der Waals surface area contributed by atoms with Gasteiger partial charge in [0.2, 0.25) is 10.0 Å². The lowest BCUT2D eigenvalue weighted by molar-refractivity contribution is 0.194. The molecule has 8 heteroatoms. The largest absolute Gasteiger partial charge is 0.381 e. The fraction of sp³-hybridized carbons (Fsp3) is 0.500. The molecule has 0 atom stereocenters. The number of sulfonamides is 1. The molecule has 3 heterocycles. The van der Waals surface area contributed by atoms with Crippen molar-refractivity contribution in [1.82, 2.24) is 19.2 Å². The van der Waals surface area contributed by atoms with E-state index in [4.69, 9.17) is 0 Å². The highest BCUT2D eigenvalue weighted by molar-refractivity contribution is 7.89. The van der Waals surface area contributed by atoms with E-state index in [0.29, 0.717) is 13.1 Å². The third kappa shape index (κ3) is 3.82. The van der Waals surface area contributed by atoms with Crippen LogP contribution in [0.15, 0.2) is 30.7 Å². The van der Waals surface area contributed by atoms with Gasteiger partial charge >= 0.3 is 0 Å². The highest BCUT2D eigenvalue weighted by Crippen LogP contribution is 2.18. The van der Waals surface area contributed by atoms with Gasteiger partial charge in [0.15, 0.2) is 0 Å². The van der Waals surface area contributed by atoms with Gasteiger partial charge in [-0.05, 0) is 19.1 Å². The maximum Gasteiger partial charge on any atom is 0.213 e. The minimum atomic E-state index is -3.06. The predicted octanol–water partition coefficient (Wildman–Crippen LogP) is 1.01. The summed E-state index contributed by atoms with van der Waals surface area (Å²) >= 11 is 0. The summed E-state index contributed by atoms with van der Waals surface area (Å²) < 4.78 is 25.3. The van der Waals surface area contributed by atoms with Crippen LogP contribution in [-0.4, -0.2) is 72.6 Å². The Morgan fingerprint density at radius 1 is 1.21 bits per heavy atom. The van der Waals surface area contributed by atoms with Crippen LogP contribution >= 0.6 is 0 Å². The molecule has 0 aromatic carbocycles. The van der Waals surface area contributed by atoms with Gasteiger partial charge in [0.1, 0.15) is 0 Å². The van der Waals surface area contributed by atoms with Gasteiger partial charge in [-0.1, -0.05) is 0 Å². The maximum atomic E-state index is 11.9. The zero-order valence-corrected chi connectivity index (χ0v) is 14.7. The number of piperazine rings is 1. The van der Waals surface area contributed by atoms with Gasteiger partial charge in [0.05, 0.1) is 23.2 Å². The van der Waals surface area contributed by atoms with Gasteiger partial charge in [0, 0.05) is 57.0 Å². The van der Waals surface area contributed by atoms with Crippen molar-refractivity contribution >= 4 is 26.6 Å². The number of rotatable bonds is 6. The summed E-state index contributed by atoms with van der Waals surface area (Å²) in [5, 5.41) is 4.40. The summed E-state index contributed by atoms with van der Waals surface area (Å²) in [7, 11) is -3.06. The van der Waals surface area contributed by atoms with Crippen molar-refractivity contribution < 1.29 is 8.42 Å². The third-order valence-electron chi connectivity index (χ3n) is 4.34. The Morgan fingerprint density at radius 3 is 2.75 bits per heavy atom. The first-order chi connectivity index (χ1) is 11.6. The number of pyridine rings is 2. The standard InChI is InChI=1S/C16H23N5O2S/c1-2-24(22,23)21-10-8-20(9-11-21)7-6-18-15-13-17-12-14-4-3-5-19-16(14)15/h3-5,12-13,18H,2,6-11H2,1H3. The Labute approximate surface area is 142 Å². The molecule has 7 nitrogen and oxygen atoms in total. The van der Waals surface area contributed by atoms with Crippen LogP contribution in [0, 0.1) is 0 Å². The van der Waals surface area contributed by atoms with Crippen molar-refractivity contribution in [2.24, 2.45) is 0 Å². The summed E-state index contributed by atoms with van der Waals surface area (Å²) in [5.41, 5.74) is 1.85. The Bertz CT molecular complexity index is 783. The molecule has 130 valence electrons. The minimum absolute atomic E-state index is 0.176. The van der Waals surface area contributed by atoms with E-state index in [1.807, 2.05) is 12.1 Å². The number of nitrogens with one attached hydrogen (secondary N) is 1. The second-order valence-electron chi connectivity index (χ2n) is 5.83. The van der Waals surface area contributed by atoms with Gasteiger partial charge in [0.25, 0.3) is 0 Å². The molecule has 1 N–H and O–H groups in total. The summed E-state index contributed by atoms with van der Waals surface area (Å²) in [6, 6.07) is 3.89. The molecule has 3 rings (SSSR count). The van der Waals surface area contributed by atoms with Crippen molar-refractivity contribution in [3.05, 3.63) is 30.7 Å². The number of hydrogen-bond donors (Lipinski definition) is 1. The van der Waals surface area contributed by atoms with Crippen molar-refractivity contribution in [3.8, 4) is 0 Å². The maximum absolute atomic E-state index is 11.9. The molecule has 1 saturated heterocycles. The molecule has 0 radical (unpaired) electrons. The smallest absolute Gasteiger partial charge is 0.213 e. The fourth-order valence-electron chi connectivity index (χ4n) is 2.89. The Kier molecular flexibility index (Phi) is 5.27. The van der Waals surface area contributed by atoms with Gasteiger partial charge in [-0.15, -0.1) is 0 Å². The number of hydrogen-bond acceptors (Lipinski definition) is 6. The van der Waals surface area contributed by atoms with Crippen LogP contribution in [0.25, 0.3) is 10.9 Å². The first-order valence-corrected chi connectivity index (χ1v) is 9.84. The molecule has 0 unspecified atom stereocenters. The average molecular weight is 349 g/mol. The summed E-state index contributed by atoms with van der Waals surface area (Å²) in [6.45, 7) is 6.03. The van der Waals surface area contributed by atoms with E-state index >= 15 is 0 Å². The van der Waals surface area contributed by atoms with Crippen LogP contribution in [0.4, 0.5) is 5.69 Å². The van der Waals surface area contributed by atoms with Gasteiger partial charge in [-0.25, -0.2) is 8.42 Å². The molecular weight excluding hydrogens is 326 g/mol. The quantitative estimate of drug-likeness (QED) is 0.839. The predicted molar refractivity (Wildman–Crippen MR) is 95.5 cm³/mol. The van der Waals surface area contributed by atoms with Crippen LogP contribution in [0.3, 0.4) is 0 Å². The van der Waals surface area contributed by atoms with Crippen LogP contribution in [0.5, 0.6) is 0 Å². The molecule has 2 aromatic rings. The normalized spacial score (nSPS) is 17.2. The third-order valence-corrected chi connectivity index (χ3v) is 6.23. The van der Waals surface area contributed by atoms with Crippen LogP contribution in [0.2, 0.25) is 0 Å². The summed E-state index contributed by atoms with van der Waals surface area (Å²) in [4.78, 5) is 10.9. The fourth-order valence-corrected chi connectivity index (χ4v) is 3.98. The summed E-state index contributed by atoms with van der Waals surface area (Å²) in [5.74, 6) is 0.176. The van der Waals surface area contributed by atoms with E-state index in [-0.39, 0.29) is 5.75 Å². The van der Waals surface area contributed by atoms with Crippen LogP contribution < -0.4 is 5.32 Å². The molecule has 24 heavy (non-hydrogen) atoms. The second kappa shape index (κ2) is 7.42. The van der Waals surface area contributed by atoms with Crippen LogP contribution in [-0.2, 0) is 10.0 Å². The lowest BCUT2D eigenvalue weighted by atomic mass is 10.2. The van der Waals surface area contributed by atoms with Crippen molar-refractivity contribution in [1.29, 1.82) is 0 Å². The van der Waals surface area contributed by atoms with E-state index in [2.05, 4.69) is 20.2 Å². The number of fused-ring (bicyclic) bond motifs is 1. The average Bonchev–Trinajstić information content (AvgIpc) is 2.62. The van der Waals surface area contributed by atoms with E-state index in [1.165, 1.54) is 0 Å². The molecule has 0 saturated carbocycles. The molecule has 0 spiro atoms. The van der Waals surface area contributed by atoms with E-state index < -0.39 is 10.0 Å². The zero-order chi connectivity index (χ0) is 17.0. The van der Waals surface area contributed by atoms with Gasteiger partial charge in [-0.2, -0.15) is 4.31 Å². The monoisotopic (exact) mass is 349 g/mol. The van der Waals surface area contributed by atoms with Crippen molar-refractivity contribution in [2.45, 2.75) is 6.92 Å². The lowest BCUT2D eigenvalue weighted by Gasteiger charge is -2.33. The number of aromatic nitrogens is 2. The summed E-state index contributed by atoms with van der Waals surface area (Å²) in [6.07, 6.45) is 5.38. The molecule has 1 aliphatic heterocycles. The first-order valence-electron chi connectivity index (χ1n) is 8.23. The van der Waals surface area contributed by atoms with E-state index in [0.717, 1.165) is 42.8 Å². The molecule has 0 bridgehead atoms. The molecule has 1 aliphatic rings. The SMILES string of the molecule is CCS(=O)(=O)N1CCN(CCNc2cncc3cccnc23)CC1. The van der Waals surface area contributed by atoms with Crippen molar-refractivity contribution in [3.63, 3.8) is 0 Å². The number of nitrogens with zero attached hydrogens (tertiary/aromatic N) is 4. The Balaban J connectivity index is 1.51. The first kappa shape index (κ1) is 17.1. The van der Waals surface area contributed by atoms with Gasteiger partial charge in [-0.3, -0.25) is 14.9 Å². The lowest BCUT2D eigenvalue weighted by Crippen LogP contribution is -2.49. The molecular formula is C16H23N5O2S. The van der Waals surface area contributed by atoms with Crippen LogP contribution in [0.1, 0.15) is 6.92 Å². The highest BCUT2D eigenvalue weighted by Gasteiger charge is 2.24. The minimum Gasteiger partial charge on any atom is -0.381 e. The molecule has 0 aliphatic carbocycles. The van der Waals surface area contributed by atoms with E-state index in [9.17, 15) is 8.42 Å². The number of anilines is 1. The van der Waals surface area contributed by atoms with E-state index in [1.54, 1.807) is 29.8 Å².